The van der Waals surface area contributed by atoms with Crippen molar-refractivity contribution in [2.45, 2.75) is 193 Å². The molecule has 0 aromatic carbocycles. The number of allylic oxidation sites excluding steroid dienone is 12. The first-order valence-corrected chi connectivity index (χ1v) is 24.4. The first-order valence-electron chi connectivity index (χ1n) is 22.9. The standard InChI is InChI=1S/C48H83O10P/c1-3-5-7-9-11-13-15-17-19-21-22-24-25-27-29-31-33-35-37-39-47(51)55-43-46(44-57-59(53,54)56-42-45(50)41-49)58-48(52)40-38-36-34-32-30-28-26-23-20-18-16-14-12-10-8-6-4-2/h5,7,11,13,17,19,22,24,27,29,33,35,45-46,49-50H,3-4,6,8-10,12,14-16,18,20-21,23,25-26,28,30-32,34,36-44H2,1-2H3,(H,53,54)/b7-5+,13-11+,19-17+,24-22+,29-27+,35-33+/t45-,46+/m0/s1. The van der Waals surface area contributed by atoms with Crippen LogP contribution in [0.2, 0.25) is 0 Å². The molecular weight excluding hydrogens is 767 g/mol. The largest absolute Gasteiger partial charge is 0.472 e. The molecule has 10 nitrogen and oxygen atoms in total. The second-order valence-electron chi connectivity index (χ2n) is 15.1. The Labute approximate surface area is 358 Å². The Morgan fingerprint density at radius 3 is 1.37 bits per heavy atom. The van der Waals surface area contributed by atoms with E-state index < -0.39 is 51.8 Å². The highest BCUT2D eigenvalue weighted by molar-refractivity contribution is 7.47. The zero-order chi connectivity index (χ0) is 43.3. The van der Waals surface area contributed by atoms with Gasteiger partial charge >= 0.3 is 19.8 Å². The van der Waals surface area contributed by atoms with Crippen molar-refractivity contribution in [1.29, 1.82) is 0 Å². The first-order chi connectivity index (χ1) is 28.7. The molecule has 340 valence electrons. The zero-order valence-electron chi connectivity index (χ0n) is 36.9. The summed E-state index contributed by atoms with van der Waals surface area (Å²) in [5.41, 5.74) is 0. The Hall–Kier alpha value is -2.59. The Bertz CT molecular complexity index is 1210. The SMILES string of the molecule is CC/C=C/C/C=C/C/C=C/C/C=C/C/C=C/C/C=C/CCC(=O)OC[C@H](COP(=O)(O)OC[C@@H](O)CO)OC(=O)CCCCCCCCCCCCCCCCCCC. The summed E-state index contributed by atoms with van der Waals surface area (Å²) in [5, 5.41) is 18.4. The summed E-state index contributed by atoms with van der Waals surface area (Å²) in [6.45, 7) is 2.19. The smallest absolute Gasteiger partial charge is 0.462 e. The van der Waals surface area contributed by atoms with Gasteiger partial charge in [0.15, 0.2) is 6.10 Å². The molecule has 0 aliphatic heterocycles. The number of ether oxygens (including phenoxy) is 2. The van der Waals surface area contributed by atoms with Crippen molar-refractivity contribution < 1.29 is 47.8 Å². The van der Waals surface area contributed by atoms with Gasteiger partial charge in [-0.15, -0.1) is 0 Å². The van der Waals surface area contributed by atoms with Gasteiger partial charge in [0.25, 0.3) is 0 Å². The molecule has 0 aromatic rings. The van der Waals surface area contributed by atoms with Crippen molar-refractivity contribution in [2.24, 2.45) is 0 Å². The minimum Gasteiger partial charge on any atom is -0.462 e. The highest BCUT2D eigenvalue weighted by Crippen LogP contribution is 2.43. The van der Waals surface area contributed by atoms with E-state index in [0.717, 1.165) is 57.8 Å². The van der Waals surface area contributed by atoms with Gasteiger partial charge in [0.2, 0.25) is 0 Å². The highest BCUT2D eigenvalue weighted by Gasteiger charge is 2.27. The van der Waals surface area contributed by atoms with E-state index in [1.54, 1.807) is 0 Å². The number of hydrogen-bond acceptors (Lipinski definition) is 9. The summed E-state index contributed by atoms with van der Waals surface area (Å²) in [6, 6.07) is 0. The summed E-state index contributed by atoms with van der Waals surface area (Å²) in [7, 11) is -4.64. The van der Waals surface area contributed by atoms with Crippen LogP contribution in [0.15, 0.2) is 72.9 Å². The number of phosphoric acid groups is 1. The van der Waals surface area contributed by atoms with E-state index in [-0.39, 0.29) is 19.4 Å². The fourth-order valence-corrected chi connectivity index (χ4v) is 6.69. The fourth-order valence-electron chi connectivity index (χ4n) is 5.90. The topological polar surface area (TPSA) is 149 Å². The molecule has 0 spiro atoms. The first kappa shape index (κ1) is 56.4. The third-order valence-electron chi connectivity index (χ3n) is 9.39. The van der Waals surface area contributed by atoms with Crippen molar-refractivity contribution in [2.75, 3.05) is 26.4 Å². The monoisotopic (exact) mass is 851 g/mol. The molecule has 0 aliphatic rings. The zero-order valence-corrected chi connectivity index (χ0v) is 37.8. The second-order valence-corrected chi connectivity index (χ2v) is 16.5. The van der Waals surface area contributed by atoms with Crippen LogP contribution < -0.4 is 0 Å². The van der Waals surface area contributed by atoms with Gasteiger partial charge in [-0.3, -0.25) is 18.6 Å². The Kier molecular flexibility index (Phi) is 41.6. The maximum Gasteiger partial charge on any atom is 0.472 e. The molecule has 0 rings (SSSR count). The molecule has 0 aliphatic carbocycles. The molecule has 0 saturated heterocycles. The number of rotatable bonds is 42. The van der Waals surface area contributed by atoms with E-state index in [0.29, 0.717) is 12.8 Å². The molecule has 0 heterocycles. The lowest BCUT2D eigenvalue weighted by atomic mass is 10.0. The lowest BCUT2D eigenvalue weighted by molar-refractivity contribution is -0.161. The molecule has 3 atom stereocenters. The van der Waals surface area contributed by atoms with Crippen LogP contribution in [0.1, 0.15) is 181 Å². The van der Waals surface area contributed by atoms with Gasteiger partial charge in [0.1, 0.15) is 12.7 Å². The Balaban J connectivity index is 4.38. The number of aliphatic hydroxyl groups excluding tert-OH is 2. The highest BCUT2D eigenvalue weighted by atomic mass is 31.2. The van der Waals surface area contributed by atoms with Gasteiger partial charge in [-0.05, 0) is 51.4 Å². The maximum atomic E-state index is 12.6. The molecule has 0 saturated carbocycles. The van der Waals surface area contributed by atoms with Crippen molar-refractivity contribution >= 4 is 19.8 Å². The van der Waals surface area contributed by atoms with Crippen LogP contribution in [-0.4, -0.2) is 65.7 Å². The van der Waals surface area contributed by atoms with Crippen LogP contribution >= 0.6 is 7.82 Å². The molecule has 0 aromatic heterocycles. The molecule has 3 N–H and O–H groups in total. The summed E-state index contributed by atoms with van der Waals surface area (Å²) < 4.78 is 32.7. The number of carbonyl (C=O) groups is 2. The van der Waals surface area contributed by atoms with Gasteiger partial charge < -0.3 is 24.6 Å². The molecule has 11 heteroatoms. The molecule has 0 fully saturated rings. The summed E-state index contributed by atoms with van der Waals surface area (Å²) in [5.74, 6) is -1.02. The van der Waals surface area contributed by atoms with E-state index in [2.05, 4.69) is 79.1 Å². The van der Waals surface area contributed by atoms with E-state index in [1.165, 1.54) is 83.5 Å². The van der Waals surface area contributed by atoms with E-state index in [4.69, 9.17) is 19.1 Å². The Morgan fingerprint density at radius 1 is 0.525 bits per heavy atom. The van der Waals surface area contributed by atoms with Crippen LogP contribution in [-0.2, 0) is 32.7 Å². The minimum absolute atomic E-state index is 0.115. The normalized spacial score (nSPS) is 14.5. The van der Waals surface area contributed by atoms with Crippen molar-refractivity contribution in [3.63, 3.8) is 0 Å². The molecule has 0 radical (unpaired) electrons. The van der Waals surface area contributed by atoms with Crippen LogP contribution in [0.5, 0.6) is 0 Å². The number of phosphoric ester groups is 1. The van der Waals surface area contributed by atoms with Crippen molar-refractivity contribution in [3.05, 3.63) is 72.9 Å². The molecule has 0 amide bonds. The lowest BCUT2D eigenvalue weighted by Crippen LogP contribution is -2.29. The lowest BCUT2D eigenvalue weighted by Gasteiger charge is -2.20. The van der Waals surface area contributed by atoms with E-state index >= 15 is 0 Å². The molecule has 0 bridgehead atoms. The average molecular weight is 851 g/mol. The van der Waals surface area contributed by atoms with Gasteiger partial charge in [-0.2, -0.15) is 0 Å². The molecule has 59 heavy (non-hydrogen) atoms. The van der Waals surface area contributed by atoms with E-state index in [9.17, 15) is 24.2 Å². The van der Waals surface area contributed by atoms with Crippen molar-refractivity contribution in [3.8, 4) is 0 Å². The third-order valence-corrected chi connectivity index (χ3v) is 10.3. The summed E-state index contributed by atoms with van der Waals surface area (Å²) in [4.78, 5) is 35.0. The summed E-state index contributed by atoms with van der Waals surface area (Å²) in [6.07, 6.45) is 50.2. The van der Waals surface area contributed by atoms with E-state index in [1.807, 2.05) is 12.2 Å². The Morgan fingerprint density at radius 2 is 0.932 bits per heavy atom. The van der Waals surface area contributed by atoms with Gasteiger partial charge in [0, 0.05) is 12.8 Å². The number of esters is 2. The van der Waals surface area contributed by atoms with Gasteiger partial charge in [-0.1, -0.05) is 189 Å². The predicted octanol–water partition coefficient (Wildman–Crippen LogP) is 12.4. The van der Waals surface area contributed by atoms with Crippen LogP contribution in [0, 0.1) is 0 Å². The molecular formula is C48H83O10P. The minimum atomic E-state index is -4.64. The predicted molar refractivity (Wildman–Crippen MR) is 242 cm³/mol. The summed E-state index contributed by atoms with van der Waals surface area (Å²) >= 11 is 0. The quantitative estimate of drug-likeness (QED) is 0.0234. The number of unbranched alkanes of at least 4 members (excludes halogenated alkanes) is 16. The maximum absolute atomic E-state index is 12.6. The van der Waals surface area contributed by atoms with Gasteiger partial charge in [-0.25, -0.2) is 4.57 Å². The number of carbonyl (C=O) groups excluding carboxylic acids is 2. The second kappa shape index (κ2) is 43.5. The third kappa shape index (κ3) is 43.3. The van der Waals surface area contributed by atoms with Crippen molar-refractivity contribution in [1.82, 2.24) is 0 Å². The number of hydrogen-bond donors (Lipinski definition) is 3. The van der Waals surface area contributed by atoms with Gasteiger partial charge in [0.05, 0.1) is 19.8 Å². The van der Waals surface area contributed by atoms with Crippen LogP contribution in [0.3, 0.4) is 0 Å². The van der Waals surface area contributed by atoms with Crippen LogP contribution in [0.4, 0.5) is 0 Å². The number of aliphatic hydroxyl groups is 2. The fraction of sp³-hybridized carbons (Fsp3) is 0.708. The molecule has 1 unspecified atom stereocenters. The average Bonchev–Trinajstić information content (AvgIpc) is 3.22. The van der Waals surface area contributed by atoms with Crippen LogP contribution in [0.25, 0.3) is 0 Å².